The second-order valence-corrected chi connectivity index (χ2v) is 7.60. The highest BCUT2D eigenvalue weighted by Crippen LogP contribution is 2.15. The minimum absolute atomic E-state index is 0.0105. The van der Waals surface area contributed by atoms with Crippen molar-refractivity contribution >= 4 is 35.1 Å². The van der Waals surface area contributed by atoms with Crippen LogP contribution >= 0.6 is 11.6 Å². The van der Waals surface area contributed by atoms with E-state index in [1.165, 1.54) is 0 Å². The Hall–Kier alpha value is -2.57. The van der Waals surface area contributed by atoms with Gasteiger partial charge in [0.15, 0.2) is 0 Å². The first kappa shape index (κ1) is 23.7. The molecule has 2 aromatic rings. The molecule has 1 atom stereocenters. The molecule has 0 spiro atoms. The van der Waals surface area contributed by atoms with Gasteiger partial charge in [-0.3, -0.25) is 14.8 Å². The maximum atomic E-state index is 12.9. The smallest absolute Gasteiger partial charge is 0.224 e. The second-order valence-electron chi connectivity index (χ2n) is 7.19. The number of pyridine rings is 1. The first-order valence-corrected chi connectivity index (χ1v) is 10.5. The van der Waals surface area contributed by atoms with Crippen molar-refractivity contribution in [1.82, 2.24) is 14.8 Å². The van der Waals surface area contributed by atoms with E-state index in [4.69, 9.17) is 17.0 Å². The van der Waals surface area contributed by atoms with Crippen molar-refractivity contribution < 1.29 is 4.79 Å². The van der Waals surface area contributed by atoms with Gasteiger partial charge >= 0.3 is 0 Å². The van der Waals surface area contributed by atoms with E-state index in [1.807, 2.05) is 44.3 Å². The highest BCUT2D eigenvalue weighted by Gasteiger charge is 2.22. The molecule has 7 heteroatoms. The summed E-state index contributed by atoms with van der Waals surface area (Å²) in [5.74, 6) is 0.0105. The maximum Gasteiger partial charge on any atom is 0.224 e. The van der Waals surface area contributed by atoms with Crippen LogP contribution in [0.15, 0.2) is 53.8 Å². The van der Waals surface area contributed by atoms with Gasteiger partial charge in [0.05, 0.1) is 11.9 Å². The molecule has 0 saturated heterocycles. The largest absolute Gasteiger partial charge is 0.330 e. The van der Waals surface area contributed by atoms with Gasteiger partial charge in [-0.05, 0) is 51.1 Å². The summed E-state index contributed by atoms with van der Waals surface area (Å²) in [6.45, 7) is 5.60. The van der Waals surface area contributed by atoms with Gasteiger partial charge in [0.25, 0.3) is 0 Å². The topological polar surface area (TPSA) is 72.7 Å². The lowest BCUT2D eigenvalue weighted by molar-refractivity contribution is -0.131. The molecular formula is C23H30ClN5O. The molecule has 0 aliphatic heterocycles. The van der Waals surface area contributed by atoms with Gasteiger partial charge in [-0.15, -0.1) is 0 Å². The maximum absolute atomic E-state index is 12.9. The highest BCUT2D eigenvalue weighted by atomic mass is 35.5. The van der Waals surface area contributed by atoms with Gasteiger partial charge in [-0.25, -0.2) is 0 Å². The van der Waals surface area contributed by atoms with E-state index >= 15 is 0 Å². The van der Waals surface area contributed by atoms with Gasteiger partial charge in [-0.2, -0.15) is 0 Å². The summed E-state index contributed by atoms with van der Waals surface area (Å²) in [5.41, 5.74) is 2.19. The summed E-state index contributed by atoms with van der Waals surface area (Å²) in [7, 11) is 2.00. The van der Waals surface area contributed by atoms with Crippen molar-refractivity contribution in [2.75, 3.05) is 26.7 Å². The van der Waals surface area contributed by atoms with E-state index in [0.29, 0.717) is 30.9 Å². The Morgan fingerprint density at radius 3 is 2.67 bits per heavy atom. The number of likely N-dealkylation sites (N-methyl/N-ethyl adjacent to an activating group) is 1. The lowest BCUT2D eigenvalue weighted by atomic mass is 10.1. The molecule has 1 unspecified atom stereocenters. The van der Waals surface area contributed by atoms with Crippen LogP contribution in [0.25, 0.3) is 0 Å². The number of nitrogens with zero attached hydrogens (tertiary/aromatic N) is 4. The van der Waals surface area contributed by atoms with Crippen molar-refractivity contribution in [2.24, 2.45) is 4.99 Å². The summed E-state index contributed by atoms with van der Waals surface area (Å²) in [6, 6.07) is 11.0. The minimum atomic E-state index is -0.462. The molecule has 1 aromatic carbocycles. The van der Waals surface area contributed by atoms with Crippen molar-refractivity contribution in [3.63, 3.8) is 0 Å². The SMILES string of the molecule is CCN(C(=O)CCN(C)CCc1ccccc1Cl)C(C=Nc1cccnc1)C(C)=N. The molecule has 0 saturated carbocycles. The molecule has 0 aliphatic carbocycles. The molecule has 6 nitrogen and oxygen atoms in total. The summed E-state index contributed by atoms with van der Waals surface area (Å²) in [6.07, 6.45) is 6.21. The van der Waals surface area contributed by atoms with Crippen LogP contribution < -0.4 is 0 Å². The number of rotatable bonds is 11. The van der Waals surface area contributed by atoms with E-state index < -0.39 is 6.04 Å². The molecule has 0 fully saturated rings. The van der Waals surface area contributed by atoms with Crippen LogP contribution in [0.2, 0.25) is 5.02 Å². The fourth-order valence-electron chi connectivity index (χ4n) is 3.10. The normalized spacial score (nSPS) is 12.3. The van der Waals surface area contributed by atoms with Crippen LogP contribution in [-0.2, 0) is 11.2 Å². The first-order chi connectivity index (χ1) is 14.4. The van der Waals surface area contributed by atoms with Gasteiger partial charge in [0.1, 0.15) is 6.04 Å². The van der Waals surface area contributed by atoms with Gasteiger partial charge in [0, 0.05) is 49.2 Å². The monoisotopic (exact) mass is 427 g/mol. The number of amides is 1. The Labute approximate surface area is 184 Å². The van der Waals surface area contributed by atoms with Crippen molar-refractivity contribution in [3.05, 3.63) is 59.4 Å². The number of benzene rings is 1. The Balaban J connectivity index is 1.92. The molecule has 2 rings (SSSR count). The molecule has 0 aliphatic rings. The molecular weight excluding hydrogens is 398 g/mol. The van der Waals surface area contributed by atoms with Crippen molar-refractivity contribution in [3.8, 4) is 0 Å². The Morgan fingerprint density at radius 2 is 2.03 bits per heavy atom. The van der Waals surface area contributed by atoms with Crippen LogP contribution in [0.1, 0.15) is 25.8 Å². The standard InChI is InChI=1S/C23H30ClN5O/c1-4-29(22(18(2)25)17-27-20-9-7-13-26-16-20)23(30)12-15-28(3)14-11-19-8-5-6-10-21(19)24/h5-10,13,16-17,22,25H,4,11-12,14-15H2,1-3H3. The van der Waals surface area contributed by atoms with E-state index in [0.717, 1.165) is 23.6 Å². The van der Waals surface area contributed by atoms with Crippen LogP contribution in [0.4, 0.5) is 5.69 Å². The summed E-state index contributed by atoms with van der Waals surface area (Å²) < 4.78 is 0. The van der Waals surface area contributed by atoms with Crippen LogP contribution in [0.3, 0.4) is 0 Å². The second kappa shape index (κ2) is 12.2. The molecule has 1 aromatic heterocycles. The number of halogens is 1. The predicted octanol–water partition coefficient (Wildman–Crippen LogP) is 4.26. The van der Waals surface area contributed by atoms with Crippen LogP contribution in [0.5, 0.6) is 0 Å². The van der Waals surface area contributed by atoms with E-state index in [-0.39, 0.29) is 5.91 Å². The Bertz CT molecular complexity index is 856. The Morgan fingerprint density at radius 1 is 1.27 bits per heavy atom. The number of hydrogen-bond donors (Lipinski definition) is 1. The number of aliphatic imine (C=N–C) groups is 1. The van der Waals surface area contributed by atoms with Gasteiger partial charge in [0.2, 0.25) is 5.91 Å². The third-order valence-corrected chi connectivity index (χ3v) is 5.25. The zero-order valence-corrected chi connectivity index (χ0v) is 18.6. The summed E-state index contributed by atoms with van der Waals surface area (Å²) in [5, 5.41) is 8.89. The molecule has 1 amide bonds. The Kier molecular flexibility index (Phi) is 9.64. The third kappa shape index (κ3) is 7.35. The zero-order chi connectivity index (χ0) is 21.9. The van der Waals surface area contributed by atoms with Crippen LogP contribution in [-0.4, -0.2) is 65.3 Å². The van der Waals surface area contributed by atoms with Crippen molar-refractivity contribution in [1.29, 1.82) is 5.41 Å². The molecule has 0 radical (unpaired) electrons. The lowest BCUT2D eigenvalue weighted by Gasteiger charge is -2.28. The quantitative estimate of drug-likeness (QED) is 0.544. The number of carbonyl (C=O) groups excluding carboxylic acids is 1. The average Bonchev–Trinajstić information content (AvgIpc) is 2.74. The molecule has 1 N–H and O–H groups in total. The number of aromatic nitrogens is 1. The van der Waals surface area contributed by atoms with E-state index in [1.54, 1.807) is 36.5 Å². The fourth-order valence-corrected chi connectivity index (χ4v) is 3.33. The number of nitrogens with one attached hydrogen (secondary N) is 1. The molecule has 0 bridgehead atoms. The fraction of sp³-hybridized carbons (Fsp3) is 0.391. The van der Waals surface area contributed by atoms with Gasteiger partial charge in [-0.1, -0.05) is 29.8 Å². The van der Waals surface area contributed by atoms with Crippen LogP contribution in [0, 0.1) is 5.41 Å². The first-order valence-electron chi connectivity index (χ1n) is 10.1. The van der Waals surface area contributed by atoms with E-state index in [9.17, 15) is 4.79 Å². The molecule has 1 heterocycles. The number of carbonyl (C=O) groups is 1. The lowest BCUT2D eigenvalue weighted by Crippen LogP contribution is -2.45. The van der Waals surface area contributed by atoms with Crippen molar-refractivity contribution in [2.45, 2.75) is 32.7 Å². The molecule has 160 valence electrons. The third-order valence-electron chi connectivity index (χ3n) is 4.88. The van der Waals surface area contributed by atoms with E-state index in [2.05, 4.69) is 14.9 Å². The minimum Gasteiger partial charge on any atom is -0.330 e. The predicted molar refractivity (Wildman–Crippen MR) is 124 cm³/mol. The molecule has 30 heavy (non-hydrogen) atoms. The summed E-state index contributed by atoms with van der Waals surface area (Å²) >= 11 is 6.22. The average molecular weight is 428 g/mol. The zero-order valence-electron chi connectivity index (χ0n) is 17.9. The summed E-state index contributed by atoms with van der Waals surface area (Å²) in [4.78, 5) is 25.1. The highest BCUT2D eigenvalue weighted by molar-refractivity contribution is 6.31. The number of hydrogen-bond acceptors (Lipinski definition) is 5. The van der Waals surface area contributed by atoms with Gasteiger partial charge < -0.3 is 15.2 Å².